The van der Waals surface area contributed by atoms with Gasteiger partial charge >= 0.3 is 6.09 Å². The molecule has 1 saturated heterocycles. The predicted octanol–water partition coefficient (Wildman–Crippen LogP) is 4.21. The van der Waals surface area contributed by atoms with Crippen molar-refractivity contribution < 1.29 is 18.7 Å². The zero-order valence-electron chi connectivity index (χ0n) is 17.0. The number of likely N-dealkylation sites (tertiary alicyclic amines) is 1. The molecule has 0 unspecified atom stereocenters. The molecule has 0 bridgehead atoms. The van der Waals surface area contributed by atoms with Gasteiger partial charge in [-0.2, -0.15) is 0 Å². The second-order valence-corrected chi connectivity index (χ2v) is 8.45. The Morgan fingerprint density at radius 1 is 1.26 bits per heavy atom. The Balaban J connectivity index is 2.06. The third-order valence-corrected chi connectivity index (χ3v) is 4.59. The Hall–Kier alpha value is -2.11. The summed E-state index contributed by atoms with van der Waals surface area (Å²) in [5.74, 6) is -0.502. The summed E-state index contributed by atoms with van der Waals surface area (Å²) < 4.78 is 18.6. The van der Waals surface area contributed by atoms with Gasteiger partial charge in [-0.15, -0.1) is 0 Å². The van der Waals surface area contributed by atoms with E-state index in [0.29, 0.717) is 19.6 Å². The molecule has 1 fully saturated rings. The molecule has 0 aromatic heterocycles. The third kappa shape index (κ3) is 6.22. The van der Waals surface area contributed by atoms with E-state index in [2.05, 4.69) is 0 Å². The minimum Gasteiger partial charge on any atom is -0.444 e. The van der Waals surface area contributed by atoms with Gasteiger partial charge in [0.2, 0.25) is 5.91 Å². The van der Waals surface area contributed by atoms with Gasteiger partial charge < -0.3 is 14.5 Å². The number of rotatable bonds is 4. The first-order valence-electron chi connectivity index (χ1n) is 9.59. The van der Waals surface area contributed by atoms with Gasteiger partial charge in [-0.25, -0.2) is 9.18 Å². The van der Waals surface area contributed by atoms with Crippen LogP contribution in [0.1, 0.15) is 53.0 Å². The van der Waals surface area contributed by atoms with Crippen LogP contribution >= 0.6 is 0 Å². The maximum Gasteiger partial charge on any atom is 0.410 e. The molecule has 5 nitrogen and oxygen atoms in total. The Bertz CT molecular complexity index is 652. The highest BCUT2D eigenvalue weighted by molar-refractivity contribution is 5.80. The lowest BCUT2D eigenvalue weighted by molar-refractivity contribution is -0.139. The van der Waals surface area contributed by atoms with Crippen molar-refractivity contribution in [3.05, 3.63) is 35.6 Å². The molecule has 2 amide bonds. The summed E-state index contributed by atoms with van der Waals surface area (Å²) in [7, 11) is 0. The second-order valence-electron chi connectivity index (χ2n) is 8.45. The standard InChI is InChI=1S/C21H31FN2O3/c1-15(2)24(13-16-8-10-18(22)11-9-16)19(25)17-7-6-12-23(14-17)20(26)27-21(3,4)5/h8-11,15,17H,6-7,12-14H2,1-5H3/t17-/m1/s1. The van der Waals surface area contributed by atoms with E-state index in [-0.39, 0.29) is 29.8 Å². The number of nitrogens with zero attached hydrogens (tertiary/aromatic N) is 2. The van der Waals surface area contributed by atoms with Gasteiger partial charge in [-0.3, -0.25) is 4.79 Å². The number of ether oxygens (including phenoxy) is 1. The number of halogens is 1. The third-order valence-electron chi connectivity index (χ3n) is 4.59. The van der Waals surface area contributed by atoms with Crippen molar-refractivity contribution in [3.63, 3.8) is 0 Å². The van der Waals surface area contributed by atoms with Crippen molar-refractivity contribution in [2.75, 3.05) is 13.1 Å². The monoisotopic (exact) mass is 378 g/mol. The molecule has 0 N–H and O–H groups in total. The van der Waals surface area contributed by atoms with Crippen molar-refractivity contribution in [2.45, 2.75) is 65.6 Å². The second kappa shape index (κ2) is 8.72. The maximum atomic E-state index is 13.1. The average Bonchev–Trinajstić information content (AvgIpc) is 2.59. The highest BCUT2D eigenvalue weighted by Gasteiger charge is 2.33. The van der Waals surface area contributed by atoms with Crippen molar-refractivity contribution in [1.29, 1.82) is 0 Å². The van der Waals surface area contributed by atoms with Crippen LogP contribution in [-0.4, -0.2) is 46.5 Å². The molecule has 0 spiro atoms. The number of benzene rings is 1. The minimum absolute atomic E-state index is 0.0134. The lowest BCUT2D eigenvalue weighted by Gasteiger charge is -2.37. The number of amides is 2. The molecule has 0 aliphatic carbocycles. The van der Waals surface area contributed by atoms with E-state index < -0.39 is 5.60 Å². The molecular formula is C21H31FN2O3. The van der Waals surface area contributed by atoms with E-state index in [4.69, 9.17) is 4.74 Å². The lowest BCUT2D eigenvalue weighted by atomic mass is 9.96. The van der Waals surface area contributed by atoms with E-state index in [1.807, 2.05) is 34.6 Å². The fourth-order valence-electron chi connectivity index (χ4n) is 3.21. The van der Waals surface area contributed by atoms with Gasteiger partial charge in [0.1, 0.15) is 11.4 Å². The van der Waals surface area contributed by atoms with Gasteiger partial charge in [0, 0.05) is 25.7 Å². The molecule has 1 atom stereocenters. The molecule has 6 heteroatoms. The summed E-state index contributed by atoms with van der Waals surface area (Å²) in [5, 5.41) is 0. The highest BCUT2D eigenvalue weighted by Crippen LogP contribution is 2.23. The van der Waals surface area contributed by atoms with Crippen molar-refractivity contribution >= 4 is 12.0 Å². The fourth-order valence-corrected chi connectivity index (χ4v) is 3.21. The SMILES string of the molecule is CC(C)N(Cc1ccc(F)cc1)C(=O)[C@@H]1CCCN(C(=O)OC(C)(C)C)C1. The van der Waals surface area contributed by atoms with Gasteiger partial charge in [0.05, 0.1) is 5.92 Å². The van der Waals surface area contributed by atoms with Crippen molar-refractivity contribution in [3.8, 4) is 0 Å². The van der Waals surface area contributed by atoms with Crippen LogP contribution in [0.4, 0.5) is 9.18 Å². The number of carbonyl (C=O) groups excluding carboxylic acids is 2. The van der Waals surface area contributed by atoms with Gasteiger partial charge in [0.15, 0.2) is 0 Å². The summed E-state index contributed by atoms with van der Waals surface area (Å²) >= 11 is 0. The average molecular weight is 378 g/mol. The lowest BCUT2D eigenvalue weighted by Crippen LogP contribution is -2.49. The molecule has 1 heterocycles. The van der Waals surface area contributed by atoms with Crippen LogP contribution in [0.2, 0.25) is 0 Å². The first-order valence-corrected chi connectivity index (χ1v) is 9.59. The van der Waals surface area contributed by atoms with Crippen molar-refractivity contribution in [2.24, 2.45) is 5.92 Å². The van der Waals surface area contributed by atoms with Crippen LogP contribution in [0.5, 0.6) is 0 Å². The molecule has 2 rings (SSSR count). The summed E-state index contributed by atoms with van der Waals surface area (Å²) in [5.41, 5.74) is 0.332. The van der Waals surface area contributed by atoms with E-state index in [1.165, 1.54) is 12.1 Å². The number of carbonyl (C=O) groups is 2. The minimum atomic E-state index is -0.555. The zero-order valence-corrected chi connectivity index (χ0v) is 17.0. The molecule has 150 valence electrons. The van der Waals surface area contributed by atoms with Crippen LogP contribution in [0.25, 0.3) is 0 Å². The van der Waals surface area contributed by atoms with E-state index in [1.54, 1.807) is 21.9 Å². The van der Waals surface area contributed by atoms with Gasteiger partial charge in [-0.05, 0) is 65.2 Å². The molecule has 0 radical (unpaired) electrons. The smallest absolute Gasteiger partial charge is 0.410 e. The van der Waals surface area contributed by atoms with Crippen LogP contribution in [0, 0.1) is 11.7 Å². The fraction of sp³-hybridized carbons (Fsp3) is 0.619. The quantitative estimate of drug-likeness (QED) is 0.789. The van der Waals surface area contributed by atoms with Gasteiger partial charge in [0.25, 0.3) is 0 Å². The molecule has 0 saturated carbocycles. The Morgan fingerprint density at radius 3 is 2.44 bits per heavy atom. The zero-order chi connectivity index (χ0) is 20.2. The van der Waals surface area contributed by atoms with E-state index >= 15 is 0 Å². The maximum absolute atomic E-state index is 13.1. The first-order chi connectivity index (χ1) is 12.6. The molecule has 1 aliphatic rings. The van der Waals surface area contributed by atoms with E-state index in [9.17, 15) is 14.0 Å². The topological polar surface area (TPSA) is 49.9 Å². The molecule has 1 aliphatic heterocycles. The van der Waals surface area contributed by atoms with E-state index in [0.717, 1.165) is 18.4 Å². The summed E-state index contributed by atoms with van der Waals surface area (Å²) in [6.45, 7) is 10.9. The number of hydrogen-bond donors (Lipinski definition) is 0. The first kappa shape index (κ1) is 21.2. The largest absolute Gasteiger partial charge is 0.444 e. The van der Waals surface area contributed by atoms with Crippen LogP contribution in [0.3, 0.4) is 0 Å². The van der Waals surface area contributed by atoms with Crippen molar-refractivity contribution in [1.82, 2.24) is 9.80 Å². The summed E-state index contributed by atoms with van der Waals surface area (Å²) in [6.07, 6.45) is 1.16. The Morgan fingerprint density at radius 2 is 1.89 bits per heavy atom. The predicted molar refractivity (Wildman–Crippen MR) is 103 cm³/mol. The highest BCUT2D eigenvalue weighted by atomic mass is 19.1. The number of hydrogen-bond acceptors (Lipinski definition) is 3. The molecular weight excluding hydrogens is 347 g/mol. The Kier molecular flexibility index (Phi) is 6.84. The number of piperidine rings is 1. The molecule has 1 aromatic rings. The molecule has 27 heavy (non-hydrogen) atoms. The summed E-state index contributed by atoms with van der Waals surface area (Å²) in [4.78, 5) is 28.9. The van der Waals surface area contributed by atoms with Crippen LogP contribution in [0.15, 0.2) is 24.3 Å². The van der Waals surface area contributed by atoms with Crippen LogP contribution < -0.4 is 0 Å². The Labute approximate surface area is 161 Å². The normalized spacial score (nSPS) is 17.7. The van der Waals surface area contributed by atoms with Gasteiger partial charge in [-0.1, -0.05) is 12.1 Å². The summed E-state index contributed by atoms with van der Waals surface area (Å²) in [6, 6.07) is 6.23. The van der Waals surface area contributed by atoms with Crippen LogP contribution in [-0.2, 0) is 16.1 Å². The molecule has 1 aromatic carbocycles.